The molecular formula is C30H29N5O3S2. The number of thiophene rings is 1. The lowest BCUT2D eigenvalue weighted by atomic mass is 9.99. The number of aromatic nitrogens is 1. The van der Waals surface area contributed by atoms with E-state index in [2.05, 4.69) is 22.5 Å². The van der Waals surface area contributed by atoms with E-state index in [4.69, 9.17) is 26.8 Å². The minimum absolute atomic E-state index is 0.119. The summed E-state index contributed by atoms with van der Waals surface area (Å²) in [5.74, 6) is 0.699. The van der Waals surface area contributed by atoms with Gasteiger partial charge in [0.05, 0.1) is 26.9 Å². The fourth-order valence-corrected chi connectivity index (χ4v) is 5.74. The number of nitrogens with one attached hydrogen (secondary N) is 2. The SMILES string of the molecule is COc1ccc(COCc2sc3c(c2C)C(c2ccc(NC(C)=O)cc2)=NN(Cc2cccnc2)C(=S)N3)cc1. The zero-order chi connectivity index (χ0) is 28.1. The molecule has 0 radical (unpaired) electrons. The molecule has 1 aliphatic heterocycles. The smallest absolute Gasteiger partial charge is 0.221 e. The van der Waals surface area contributed by atoms with E-state index in [-0.39, 0.29) is 5.91 Å². The van der Waals surface area contributed by atoms with E-state index >= 15 is 0 Å². The van der Waals surface area contributed by atoms with Gasteiger partial charge in [-0.05, 0) is 66.2 Å². The molecule has 3 heterocycles. The number of pyridine rings is 1. The predicted molar refractivity (Wildman–Crippen MR) is 163 cm³/mol. The molecular weight excluding hydrogens is 542 g/mol. The molecule has 0 fully saturated rings. The molecule has 4 aromatic rings. The van der Waals surface area contributed by atoms with Gasteiger partial charge in [0.2, 0.25) is 5.91 Å². The van der Waals surface area contributed by atoms with Crippen LogP contribution < -0.4 is 15.4 Å². The average molecular weight is 572 g/mol. The number of hydrazone groups is 1. The third kappa shape index (κ3) is 6.36. The number of nitrogens with zero attached hydrogens (tertiary/aromatic N) is 3. The molecule has 0 spiro atoms. The number of fused-ring (bicyclic) bond motifs is 1. The molecule has 204 valence electrons. The number of hydrogen-bond acceptors (Lipinski definition) is 7. The van der Waals surface area contributed by atoms with Gasteiger partial charge in [-0.2, -0.15) is 5.10 Å². The van der Waals surface area contributed by atoms with Gasteiger partial charge in [0.25, 0.3) is 0 Å². The lowest BCUT2D eigenvalue weighted by Gasteiger charge is -2.19. The number of hydrogen-bond donors (Lipinski definition) is 2. The summed E-state index contributed by atoms with van der Waals surface area (Å²) in [4.78, 5) is 16.9. The summed E-state index contributed by atoms with van der Waals surface area (Å²) < 4.78 is 11.3. The number of thiocarbonyl (C=S) groups is 1. The van der Waals surface area contributed by atoms with Gasteiger partial charge in [0.15, 0.2) is 5.11 Å². The van der Waals surface area contributed by atoms with Gasteiger partial charge in [0.1, 0.15) is 16.5 Å². The first-order chi connectivity index (χ1) is 19.4. The van der Waals surface area contributed by atoms with Crippen LogP contribution in [0.4, 0.5) is 10.7 Å². The van der Waals surface area contributed by atoms with Gasteiger partial charge in [-0.25, -0.2) is 5.01 Å². The molecule has 10 heteroatoms. The van der Waals surface area contributed by atoms with Gasteiger partial charge in [0, 0.05) is 41.0 Å². The first-order valence-electron chi connectivity index (χ1n) is 12.7. The highest BCUT2D eigenvalue weighted by molar-refractivity contribution is 7.80. The Labute approximate surface area is 242 Å². The maximum atomic E-state index is 11.5. The summed E-state index contributed by atoms with van der Waals surface area (Å²) >= 11 is 7.41. The van der Waals surface area contributed by atoms with Crippen LogP contribution in [0, 0.1) is 6.92 Å². The third-order valence-corrected chi connectivity index (χ3v) is 7.85. The Kier molecular flexibility index (Phi) is 8.49. The Morgan fingerprint density at radius 3 is 2.52 bits per heavy atom. The van der Waals surface area contributed by atoms with E-state index in [0.29, 0.717) is 24.9 Å². The molecule has 0 atom stereocenters. The van der Waals surface area contributed by atoms with Crippen molar-refractivity contribution < 1.29 is 14.3 Å². The highest BCUT2D eigenvalue weighted by atomic mass is 32.1. The summed E-state index contributed by atoms with van der Waals surface area (Å²) in [6.07, 6.45) is 3.55. The molecule has 0 unspecified atom stereocenters. The highest BCUT2D eigenvalue weighted by Gasteiger charge is 2.27. The van der Waals surface area contributed by atoms with Crippen LogP contribution in [0.1, 0.15) is 39.6 Å². The molecule has 1 amide bonds. The number of methoxy groups -OCH3 is 1. The summed E-state index contributed by atoms with van der Waals surface area (Å²) in [6, 6.07) is 19.4. The molecule has 5 rings (SSSR count). The van der Waals surface area contributed by atoms with Gasteiger partial charge >= 0.3 is 0 Å². The molecule has 0 saturated carbocycles. The monoisotopic (exact) mass is 571 g/mol. The maximum absolute atomic E-state index is 11.5. The van der Waals surface area contributed by atoms with Gasteiger partial charge in [-0.1, -0.05) is 30.3 Å². The van der Waals surface area contributed by atoms with Gasteiger partial charge in [-0.15, -0.1) is 11.3 Å². The van der Waals surface area contributed by atoms with Crippen molar-refractivity contribution in [3.8, 4) is 5.75 Å². The zero-order valence-corrected chi connectivity index (χ0v) is 24.1. The molecule has 0 aliphatic carbocycles. The number of carbonyl (C=O) groups excluding carboxylic acids is 1. The highest BCUT2D eigenvalue weighted by Crippen LogP contribution is 2.38. The molecule has 8 nitrogen and oxygen atoms in total. The quantitative estimate of drug-likeness (QED) is 0.235. The molecule has 2 aromatic carbocycles. The Morgan fingerprint density at radius 1 is 1.07 bits per heavy atom. The van der Waals surface area contributed by atoms with Crippen LogP contribution in [-0.4, -0.2) is 33.8 Å². The van der Waals surface area contributed by atoms with Crippen LogP contribution in [0.3, 0.4) is 0 Å². The fraction of sp³-hybridized carbons (Fsp3) is 0.200. The van der Waals surface area contributed by atoms with E-state index in [1.807, 2.05) is 66.9 Å². The second kappa shape index (κ2) is 12.4. The van der Waals surface area contributed by atoms with Crippen molar-refractivity contribution >= 4 is 51.0 Å². The molecule has 2 N–H and O–H groups in total. The summed E-state index contributed by atoms with van der Waals surface area (Å²) in [6.45, 7) is 4.99. The summed E-state index contributed by atoms with van der Waals surface area (Å²) in [7, 11) is 1.65. The Bertz CT molecular complexity index is 1530. The van der Waals surface area contributed by atoms with Crippen molar-refractivity contribution in [2.75, 3.05) is 17.7 Å². The van der Waals surface area contributed by atoms with Crippen LogP contribution in [-0.2, 0) is 29.3 Å². The largest absolute Gasteiger partial charge is 0.497 e. The number of anilines is 2. The van der Waals surface area contributed by atoms with Gasteiger partial charge < -0.3 is 20.1 Å². The first kappa shape index (κ1) is 27.4. The van der Waals surface area contributed by atoms with Crippen LogP contribution in [0.2, 0.25) is 0 Å². The van der Waals surface area contributed by atoms with Crippen LogP contribution in [0.25, 0.3) is 0 Å². The van der Waals surface area contributed by atoms with Crippen molar-refractivity contribution in [2.45, 2.75) is 33.6 Å². The van der Waals surface area contributed by atoms with Crippen LogP contribution >= 0.6 is 23.6 Å². The van der Waals surface area contributed by atoms with Gasteiger partial charge in [-0.3, -0.25) is 9.78 Å². The zero-order valence-electron chi connectivity index (χ0n) is 22.4. The molecule has 0 bridgehead atoms. The van der Waals surface area contributed by atoms with Crippen molar-refractivity contribution in [3.05, 3.63) is 106 Å². The average Bonchev–Trinajstić information content (AvgIpc) is 3.18. The second-order valence-corrected chi connectivity index (χ2v) is 10.7. The van der Waals surface area contributed by atoms with E-state index < -0.39 is 0 Å². The minimum atomic E-state index is -0.119. The number of carbonyl (C=O) groups is 1. The van der Waals surface area contributed by atoms with Crippen molar-refractivity contribution in [3.63, 3.8) is 0 Å². The maximum Gasteiger partial charge on any atom is 0.221 e. The summed E-state index contributed by atoms with van der Waals surface area (Å²) in [5, 5.41) is 14.5. The van der Waals surface area contributed by atoms with E-state index in [9.17, 15) is 4.79 Å². The number of benzene rings is 2. The van der Waals surface area contributed by atoms with Crippen molar-refractivity contribution in [2.24, 2.45) is 5.10 Å². The van der Waals surface area contributed by atoms with Crippen LogP contribution in [0.15, 0.2) is 78.2 Å². The van der Waals surface area contributed by atoms with E-state index in [1.165, 1.54) is 6.92 Å². The number of amides is 1. The van der Waals surface area contributed by atoms with E-state index in [1.54, 1.807) is 29.7 Å². The Balaban J connectivity index is 1.45. The number of rotatable bonds is 9. The number of ether oxygens (including phenoxy) is 2. The predicted octanol–water partition coefficient (Wildman–Crippen LogP) is 6.10. The lowest BCUT2D eigenvalue weighted by Crippen LogP contribution is -2.29. The molecule has 40 heavy (non-hydrogen) atoms. The van der Waals surface area contributed by atoms with Crippen LogP contribution in [0.5, 0.6) is 5.75 Å². The Hall–Kier alpha value is -4.12. The van der Waals surface area contributed by atoms with Crippen molar-refractivity contribution in [1.29, 1.82) is 0 Å². The normalized spacial score (nSPS) is 12.7. The molecule has 2 aromatic heterocycles. The Morgan fingerprint density at radius 2 is 1.85 bits per heavy atom. The van der Waals surface area contributed by atoms with E-state index in [0.717, 1.165) is 54.8 Å². The first-order valence-corrected chi connectivity index (χ1v) is 13.9. The molecule has 0 saturated heterocycles. The standard InChI is InChI=1S/C30H29N5O3S2/c1-19-26(18-38-17-21-6-12-25(37-3)13-7-21)40-29-27(19)28(23-8-10-24(11-9-23)32-20(2)36)34-35(30(39)33-29)16-22-5-4-14-31-15-22/h4-15H,16-18H2,1-3H3,(H,32,36)(H,33,39). The minimum Gasteiger partial charge on any atom is -0.497 e. The topological polar surface area (TPSA) is 88.1 Å². The third-order valence-electron chi connectivity index (χ3n) is 6.35. The van der Waals surface area contributed by atoms with Crippen molar-refractivity contribution in [1.82, 2.24) is 9.99 Å². The molecule has 1 aliphatic rings. The summed E-state index contributed by atoms with van der Waals surface area (Å²) in [5.41, 5.74) is 6.55. The second-order valence-electron chi connectivity index (χ2n) is 9.25. The fourth-order valence-electron chi connectivity index (χ4n) is 4.32. The lowest BCUT2D eigenvalue weighted by molar-refractivity contribution is -0.114.